The lowest BCUT2D eigenvalue weighted by Gasteiger charge is -2.27. The van der Waals surface area contributed by atoms with E-state index >= 15 is 0 Å². The molecule has 0 N–H and O–H groups in total. The summed E-state index contributed by atoms with van der Waals surface area (Å²) in [7, 11) is 0. The van der Waals surface area contributed by atoms with Crippen LogP contribution in [0.2, 0.25) is 0 Å². The van der Waals surface area contributed by atoms with Gasteiger partial charge in [-0.2, -0.15) is 5.26 Å². The summed E-state index contributed by atoms with van der Waals surface area (Å²) in [5.41, 5.74) is 0.636. The van der Waals surface area contributed by atoms with Crippen LogP contribution in [0.3, 0.4) is 0 Å². The second-order valence-electron chi connectivity index (χ2n) is 5.76. The highest BCUT2D eigenvalue weighted by molar-refractivity contribution is 5.75. The van der Waals surface area contributed by atoms with Gasteiger partial charge in [0.2, 0.25) is 0 Å². The number of Topliss-reactive ketones (excluding diaryl/α,β-unsaturated/α-hetero) is 1. The number of hydrogen-bond donors (Lipinski definition) is 0. The van der Waals surface area contributed by atoms with Crippen molar-refractivity contribution in [2.24, 2.45) is 11.3 Å². The van der Waals surface area contributed by atoms with E-state index in [4.69, 9.17) is 4.74 Å². The summed E-state index contributed by atoms with van der Waals surface area (Å²) in [5.74, 6) is 0.169. The number of ether oxygens (including phenoxy) is 1. The number of carbonyl (C=O) groups is 1. The van der Waals surface area contributed by atoms with E-state index in [1.165, 1.54) is 0 Å². The molecule has 108 valence electrons. The van der Waals surface area contributed by atoms with Crippen LogP contribution in [0.4, 0.5) is 0 Å². The molecule has 0 aromatic heterocycles. The number of hydrogen-bond acceptors (Lipinski definition) is 3. The summed E-state index contributed by atoms with van der Waals surface area (Å²) in [5, 5.41) is 9.21. The van der Waals surface area contributed by atoms with E-state index < -0.39 is 5.41 Å². The summed E-state index contributed by atoms with van der Waals surface area (Å²) in [6, 6.07) is 12.3. The first-order chi connectivity index (χ1) is 9.45. The molecule has 0 amide bonds. The molecule has 0 radical (unpaired) electrons. The van der Waals surface area contributed by atoms with Gasteiger partial charge < -0.3 is 9.53 Å². The van der Waals surface area contributed by atoms with E-state index in [0.29, 0.717) is 19.6 Å². The zero-order valence-electron chi connectivity index (χ0n) is 12.6. The lowest BCUT2D eigenvalue weighted by molar-refractivity contribution is -0.118. The van der Waals surface area contributed by atoms with Crippen LogP contribution in [0.5, 0.6) is 0 Å². The first-order valence-corrected chi connectivity index (χ1v) is 6.98. The number of carbonyl (C=O) groups excluding carboxylic acids is 1. The molecule has 1 aromatic rings. The minimum Gasteiger partial charge on any atom is -0.377 e. The van der Waals surface area contributed by atoms with Crippen LogP contribution in [0, 0.1) is 22.7 Å². The van der Waals surface area contributed by atoms with E-state index in [1.54, 1.807) is 6.92 Å². The maximum atomic E-state index is 11.3. The molecule has 20 heavy (non-hydrogen) atoms. The van der Waals surface area contributed by atoms with Crippen LogP contribution in [-0.2, 0) is 16.1 Å². The summed E-state index contributed by atoms with van der Waals surface area (Å²) >= 11 is 0. The van der Waals surface area contributed by atoms with Gasteiger partial charge in [-0.05, 0) is 38.7 Å². The standard InChI is InChI=1S/C17H23NO2/c1-14(19)11-16(17(2,3)13-18)9-10-20-12-15-7-5-4-6-8-15/h4-8,16H,9-12H2,1-3H3. The van der Waals surface area contributed by atoms with Gasteiger partial charge in [0, 0.05) is 13.0 Å². The number of benzene rings is 1. The summed E-state index contributed by atoms with van der Waals surface area (Å²) in [6.45, 7) is 6.49. The smallest absolute Gasteiger partial charge is 0.130 e. The van der Waals surface area contributed by atoms with E-state index in [2.05, 4.69) is 6.07 Å². The quantitative estimate of drug-likeness (QED) is 0.678. The first-order valence-electron chi connectivity index (χ1n) is 6.98. The molecule has 0 saturated heterocycles. The monoisotopic (exact) mass is 273 g/mol. The van der Waals surface area contributed by atoms with Crippen molar-refractivity contribution < 1.29 is 9.53 Å². The van der Waals surface area contributed by atoms with Crippen LogP contribution in [0.15, 0.2) is 30.3 Å². The number of ketones is 1. The predicted octanol–water partition coefficient (Wildman–Crippen LogP) is 3.74. The largest absolute Gasteiger partial charge is 0.377 e. The molecule has 0 heterocycles. The van der Waals surface area contributed by atoms with Gasteiger partial charge in [0.1, 0.15) is 5.78 Å². The van der Waals surface area contributed by atoms with Gasteiger partial charge >= 0.3 is 0 Å². The molecule has 1 aromatic carbocycles. The maximum Gasteiger partial charge on any atom is 0.130 e. The Hall–Kier alpha value is -1.66. The molecular formula is C17H23NO2. The van der Waals surface area contributed by atoms with Crippen LogP contribution in [-0.4, -0.2) is 12.4 Å². The minimum absolute atomic E-state index is 0.0424. The number of rotatable bonds is 8. The maximum absolute atomic E-state index is 11.3. The van der Waals surface area contributed by atoms with Crippen LogP contribution in [0.25, 0.3) is 0 Å². The molecule has 0 aliphatic carbocycles. The first kappa shape index (κ1) is 16.4. The molecular weight excluding hydrogens is 250 g/mol. The highest BCUT2D eigenvalue weighted by atomic mass is 16.5. The third-order valence-corrected chi connectivity index (χ3v) is 3.56. The van der Waals surface area contributed by atoms with E-state index in [9.17, 15) is 10.1 Å². The van der Waals surface area contributed by atoms with Crippen LogP contribution in [0.1, 0.15) is 39.2 Å². The van der Waals surface area contributed by atoms with Crippen molar-refractivity contribution in [3.8, 4) is 6.07 Å². The average molecular weight is 273 g/mol. The van der Waals surface area contributed by atoms with Crippen molar-refractivity contribution in [1.82, 2.24) is 0 Å². The van der Waals surface area contributed by atoms with E-state index in [0.717, 1.165) is 12.0 Å². The summed E-state index contributed by atoms with van der Waals surface area (Å²) in [6.07, 6.45) is 1.17. The van der Waals surface area contributed by atoms with Crippen molar-refractivity contribution in [1.29, 1.82) is 5.26 Å². The Labute approximate surface area is 121 Å². The zero-order chi connectivity index (χ0) is 15.0. The molecule has 0 aliphatic heterocycles. The van der Waals surface area contributed by atoms with Gasteiger partial charge in [-0.3, -0.25) is 0 Å². The van der Waals surface area contributed by atoms with Gasteiger partial charge in [-0.15, -0.1) is 0 Å². The Morgan fingerprint density at radius 2 is 2.00 bits per heavy atom. The van der Waals surface area contributed by atoms with Crippen molar-refractivity contribution in [3.63, 3.8) is 0 Å². The van der Waals surface area contributed by atoms with Crippen LogP contribution >= 0.6 is 0 Å². The van der Waals surface area contributed by atoms with Crippen molar-refractivity contribution in [2.75, 3.05) is 6.61 Å². The fourth-order valence-corrected chi connectivity index (χ4v) is 2.15. The van der Waals surface area contributed by atoms with E-state index in [1.807, 2.05) is 44.2 Å². The molecule has 0 aliphatic rings. The molecule has 0 fully saturated rings. The van der Waals surface area contributed by atoms with Gasteiger partial charge in [0.05, 0.1) is 18.1 Å². The van der Waals surface area contributed by atoms with Gasteiger partial charge in [0.25, 0.3) is 0 Å². The fraction of sp³-hybridized carbons (Fsp3) is 0.529. The Morgan fingerprint density at radius 3 is 2.55 bits per heavy atom. The minimum atomic E-state index is -0.498. The Bertz CT molecular complexity index is 460. The Kier molecular flexibility index (Phi) is 6.41. The highest BCUT2D eigenvalue weighted by Crippen LogP contribution is 2.31. The molecule has 1 unspecified atom stereocenters. The molecule has 0 spiro atoms. The lowest BCUT2D eigenvalue weighted by atomic mass is 9.76. The third-order valence-electron chi connectivity index (χ3n) is 3.56. The molecule has 1 atom stereocenters. The van der Waals surface area contributed by atoms with Crippen molar-refractivity contribution >= 4 is 5.78 Å². The SMILES string of the molecule is CC(=O)CC(CCOCc1ccccc1)C(C)(C)C#N. The van der Waals surface area contributed by atoms with Crippen molar-refractivity contribution in [3.05, 3.63) is 35.9 Å². The average Bonchev–Trinajstić information content (AvgIpc) is 2.43. The predicted molar refractivity (Wildman–Crippen MR) is 78.9 cm³/mol. The van der Waals surface area contributed by atoms with Crippen molar-refractivity contribution in [2.45, 2.75) is 40.2 Å². The van der Waals surface area contributed by atoms with Gasteiger partial charge in [-0.1, -0.05) is 30.3 Å². The zero-order valence-corrected chi connectivity index (χ0v) is 12.6. The molecule has 0 saturated carbocycles. The topological polar surface area (TPSA) is 50.1 Å². The fourth-order valence-electron chi connectivity index (χ4n) is 2.15. The number of nitrogens with zero attached hydrogens (tertiary/aromatic N) is 1. The van der Waals surface area contributed by atoms with Crippen LogP contribution < -0.4 is 0 Å². The normalized spacial score (nSPS) is 12.7. The highest BCUT2D eigenvalue weighted by Gasteiger charge is 2.30. The second kappa shape index (κ2) is 7.81. The van der Waals surface area contributed by atoms with Gasteiger partial charge in [-0.25, -0.2) is 0 Å². The third kappa shape index (κ3) is 5.54. The summed E-state index contributed by atoms with van der Waals surface area (Å²) in [4.78, 5) is 11.3. The molecule has 1 rings (SSSR count). The molecule has 3 heteroatoms. The molecule has 0 bridgehead atoms. The van der Waals surface area contributed by atoms with Gasteiger partial charge in [0.15, 0.2) is 0 Å². The Balaban J connectivity index is 2.43. The van der Waals surface area contributed by atoms with E-state index in [-0.39, 0.29) is 11.7 Å². The summed E-state index contributed by atoms with van der Waals surface area (Å²) < 4.78 is 5.65. The molecule has 3 nitrogen and oxygen atoms in total. The second-order valence-corrected chi connectivity index (χ2v) is 5.76. The Morgan fingerprint density at radius 1 is 1.35 bits per heavy atom. The number of nitriles is 1. The lowest BCUT2D eigenvalue weighted by Crippen LogP contribution is -2.25.